The smallest absolute Gasteiger partial charge is 0.225 e. The topological polar surface area (TPSA) is 46.9 Å². The molecule has 5 heteroatoms. The summed E-state index contributed by atoms with van der Waals surface area (Å²) in [6.07, 6.45) is 3.96. The minimum Gasteiger partial charge on any atom is -0.323 e. The molecule has 0 saturated carbocycles. The number of anilines is 1. The van der Waals surface area contributed by atoms with Gasteiger partial charge >= 0.3 is 0 Å². The number of nitrogens with zero attached hydrogens (tertiary/aromatic N) is 2. The van der Waals surface area contributed by atoms with Gasteiger partial charge in [0.2, 0.25) is 5.91 Å². The second kappa shape index (κ2) is 6.35. The number of amides is 1. The Kier molecular flexibility index (Phi) is 4.52. The first-order valence-corrected chi connectivity index (χ1v) is 6.82. The lowest BCUT2D eigenvalue weighted by molar-refractivity contribution is -0.115. The highest BCUT2D eigenvalue weighted by Gasteiger charge is 2.03. The van der Waals surface area contributed by atoms with Crippen molar-refractivity contribution in [2.45, 2.75) is 13.0 Å². The Morgan fingerprint density at radius 2 is 2.11 bits per heavy atom. The van der Waals surface area contributed by atoms with Crippen LogP contribution in [0.25, 0.3) is 0 Å². The molecule has 0 spiro atoms. The van der Waals surface area contributed by atoms with Crippen LogP contribution in [0.15, 0.2) is 42.7 Å². The van der Waals surface area contributed by atoms with Crippen LogP contribution in [0.2, 0.25) is 0 Å². The molecule has 1 aromatic carbocycles. The number of alkyl halides is 1. The molecule has 1 heterocycles. The van der Waals surface area contributed by atoms with Crippen molar-refractivity contribution in [1.29, 1.82) is 0 Å². The summed E-state index contributed by atoms with van der Waals surface area (Å²) in [7, 11) is 0. The molecule has 0 aliphatic rings. The van der Waals surface area contributed by atoms with E-state index in [0.29, 0.717) is 18.3 Å². The molecule has 1 aromatic heterocycles. The fraction of sp³-hybridized carbons (Fsp3) is 0.231. The number of halogens is 1. The Morgan fingerprint density at radius 3 is 2.83 bits per heavy atom. The van der Waals surface area contributed by atoms with Crippen LogP contribution in [0.1, 0.15) is 12.0 Å². The number of hydrogen-bond donors (Lipinski definition) is 1. The molecule has 2 aromatic rings. The third-order valence-electron chi connectivity index (χ3n) is 2.43. The van der Waals surface area contributed by atoms with Gasteiger partial charge in [0, 0.05) is 17.9 Å². The quantitative estimate of drug-likeness (QED) is 0.863. The van der Waals surface area contributed by atoms with Crippen molar-refractivity contribution in [1.82, 2.24) is 9.78 Å². The molecule has 0 saturated heterocycles. The Hall–Kier alpha value is -1.62. The van der Waals surface area contributed by atoms with E-state index in [9.17, 15) is 4.79 Å². The molecule has 2 rings (SSSR count). The first kappa shape index (κ1) is 12.8. The van der Waals surface area contributed by atoms with Crippen LogP contribution >= 0.6 is 15.9 Å². The maximum Gasteiger partial charge on any atom is 0.225 e. The van der Waals surface area contributed by atoms with Gasteiger partial charge in [-0.1, -0.05) is 46.3 Å². The molecule has 0 atom stereocenters. The molecule has 4 nitrogen and oxygen atoms in total. The fourth-order valence-corrected chi connectivity index (χ4v) is 1.95. The first-order chi connectivity index (χ1) is 8.78. The van der Waals surface area contributed by atoms with E-state index in [-0.39, 0.29) is 5.91 Å². The van der Waals surface area contributed by atoms with Crippen LogP contribution in [0.5, 0.6) is 0 Å². The molecule has 0 unspecified atom stereocenters. The second-order valence-corrected chi connectivity index (χ2v) is 4.69. The highest BCUT2D eigenvalue weighted by Crippen LogP contribution is 2.08. The summed E-state index contributed by atoms with van der Waals surface area (Å²) in [5, 5.41) is 7.68. The van der Waals surface area contributed by atoms with Crippen molar-refractivity contribution in [2.75, 3.05) is 10.6 Å². The maximum absolute atomic E-state index is 11.4. The molecule has 0 radical (unpaired) electrons. The van der Waals surface area contributed by atoms with Crippen LogP contribution in [0.3, 0.4) is 0 Å². The third kappa shape index (κ3) is 3.70. The van der Waals surface area contributed by atoms with Gasteiger partial charge < -0.3 is 5.32 Å². The number of rotatable bonds is 5. The Morgan fingerprint density at radius 1 is 1.33 bits per heavy atom. The molecule has 0 bridgehead atoms. The zero-order valence-electron chi connectivity index (χ0n) is 9.84. The monoisotopic (exact) mass is 307 g/mol. The van der Waals surface area contributed by atoms with Crippen LogP contribution in [0, 0.1) is 0 Å². The van der Waals surface area contributed by atoms with Crippen molar-refractivity contribution in [2.24, 2.45) is 0 Å². The van der Waals surface area contributed by atoms with Crippen molar-refractivity contribution >= 4 is 27.5 Å². The largest absolute Gasteiger partial charge is 0.323 e. The summed E-state index contributed by atoms with van der Waals surface area (Å²) in [6, 6.07) is 10.1. The maximum atomic E-state index is 11.4. The van der Waals surface area contributed by atoms with Gasteiger partial charge in [0.1, 0.15) is 0 Å². The molecule has 1 amide bonds. The van der Waals surface area contributed by atoms with Crippen molar-refractivity contribution in [3.63, 3.8) is 0 Å². The normalized spacial score (nSPS) is 10.3. The summed E-state index contributed by atoms with van der Waals surface area (Å²) in [6.45, 7) is 0.704. The molecule has 0 aliphatic heterocycles. The number of benzene rings is 1. The van der Waals surface area contributed by atoms with Crippen LogP contribution in [-0.4, -0.2) is 21.0 Å². The third-order valence-corrected chi connectivity index (χ3v) is 2.82. The molecule has 0 fully saturated rings. The van der Waals surface area contributed by atoms with Crippen LogP contribution in [0.4, 0.5) is 5.69 Å². The van der Waals surface area contributed by atoms with E-state index in [4.69, 9.17) is 0 Å². The van der Waals surface area contributed by atoms with Gasteiger partial charge in [-0.2, -0.15) is 5.10 Å². The summed E-state index contributed by atoms with van der Waals surface area (Å²) in [5.41, 5.74) is 1.91. The Bertz CT molecular complexity index is 510. The number of carbonyl (C=O) groups excluding carboxylic acids is 1. The fourth-order valence-electron chi connectivity index (χ4n) is 1.59. The highest BCUT2D eigenvalue weighted by atomic mass is 79.9. The predicted molar refractivity (Wildman–Crippen MR) is 74.8 cm³/mol. The highest BCUT2D eigenvalue weighted by molar-refractivity contribution is 9.09. The number of aromatic nitrogens is 2. The number of hydrogen-bond acceptors (Lipinski definition) is 2. The van der Waals surface area contributed by atoms with Gasteiger partial charge in [0.05, 0.1) is 18.4 Å². The zero-order chi connectivity index (χ0) is 12.8. The Labute approximate surface area is 114 Å². The molecular weight excluding hydrogens is 294 g/mol. The van der Waals surface area contributed by atoms with Crippen molar-refractivity contribution in [3.8, 4) is 0 Å². The lowest BCUT2D eigenvalue weighted by atomic mass is 10.2. The van der Waals surface area contributed by atoms with Gasteiger partial charge in [-0.05, 0) is 5.56 Å². The second-order valence-electron chi connectivity index (χ2n) is 3.90. The van der Waals surface area contributed by atoms with Crippen molar-refractivity contribution < 1.29 is 4.79 Å². The van der Waals surface area contributed by atoms with Crippen LogP contribution in [-0.2, 0) is 11.3 Å². The van der Waals surface area contributed by atoms with E-state index in [2.05, 4.69) is 26.3 Å². The minimum atomic E-state index is -0.00821. The summed E-state index contributed by atoms with van der Waals surface area (Å²) in [4.78, 5) is 11.4. The minimum absolute atomic E-state index is 0.00821. The number of carbonyl (C=O) groups is 1. The van der Waals surface area contributed by atoms with E-state index in [1.54, 1.807) is 10.9 Å². The Balaban J connectivity index is 1.96. The standard InChI is InChI=1S/C13H14BrN3O/c14-7-6-13(18)16-12-8-15-17(10-12)9-11-4-2-1-3-5-11/h1-5,8,10H,6-7,9H2,(H,16,18). The average molecular weight is 308 g/mol. The molecule has 1 N–H and O–H groups in total. The lowest BCUT2D eigenvalue weighted by Gasteiger charge is -2.01. The SMILES string of the molecule is O=C(CCBr)Nc1cnn(Cc2ccccc2)c1. The predicted octanol–water partition coefficient (Wildman–Crippen LogP) is 2.65. The summed E-state index contributed by atoms with van der Waals surface area (Å²) in [5.74, 6) is -0.00821. The zero-order valence-corrected chi connectivity index (χ0v) is 11.4. The summed E-state index contributed by atoms with van der Waals surface area (Å²) >= 11 is 3.23. The molecule has 18 heavy (non-hydrogen) atoms. The first-order valence-electron chi connectivity index (χ1n) is 5.70. The van der Waals surface area contributed by atoms with E-state index < -0.39 is 0 Å². The van der Waals surface area contributed by atoms with Crippen LogP contribution < -0.4 is 5.32 Å². The van der Waals surface area contributed by atoms with Gasteiger partial charge in [-0.25, -0.2) is 0 Å². The molecule has 0 aliphatic carbocycles. The van der Waals surface area contributed by atoms with Crippen molar-refractivity contribution in [3.05, 3.63) is 48.3 Å². The average Bonchev–Trinajstić information content (AvgIpc) is 2.78. The van der Waals surface area contributed by atoms with Gasteiger partial charge in [-0.3, -0.25) is 9.48 Å². The number of nitrogens with one attached hydrogen (secondary N) is 1. The van der Waals surface area contributed by atoms with E-state index in [1.165, 1.54) is 5.56 Å². The van der Waals surface area contributed by atoms with E-state index in [0.717, 1.165) is 5.69 Å². The lowest BCUT2D eigenvalue weighted by Crippen LogP contribution is -2.10. The van der Waals surface area contributed by atoms with Gasteiger partial charge in [-0.15, -0.1) is 0 Å². The van der Waals surface area contributed by atoms with E-state index >= 15 is 0 Å². The summed E-state index contributed by atoms with van der Waals surface area (Å²) < 4.78 is 1.80. The van der Waals surface area contributed by atoms with E-state index in [1.807, 2.05) is 36.5 Å². The molecular formula is C13H14BrN3O. The molecule has 94 valence electrons. The van der Waals surface area contributed by atoms with Gasteiger partial charge in [0.15, 0.2) is 0 Å². The van der Waals surface area contributed by atoms with Gasteiger partial charge in [0.25, 0.3) is 0 Å².